The predicted octanol–water partition coefficient (Wildman–Crippen LogP) is 4.22. The van der Waals surface area contributed by atoms with Crippen molar-refractivity contribution in [3.8, 4) is 5.75 Å². The number of ether oxygens (including phenoxy) is 2. The number of benzene rings is 2. The third-order valence-corrected chi connectivity index (χ3v) is 5.23. The van der Waals surface area contributed by atoms with Crippen molar-refractivity contribution in [2.75, 3.05) is 12.4 Å². The molecule has 1 N–H and O–H groups in total. The van der Waals surface area contributed by atoms with Crippen molar-refractivity contribution in [3.05, 3.63) is 59.9 Å². The van der Waals surface area contributed by atoms with Crippen LogP contribution in [0.3, 0.4) is 0 Å². The van der Waals surface area contributed by atoms with Crippen LogP contribution < -0.4 is 10.1 Å². The summed E-state index contributed by atoms with van der Waals surface area (Å²) >= 11 is 0. The summed E-state index contributed by atoms with van der Waals surface area (Å²) in [7, 11) is 1.54. The minimum absolute atomic E-state index is 0.345. The molecule has 0 saturated heterocycles. The molecule has 1 atom stereocenters. The molecule has 1 saturated carbocycles. The van der Waals surface area contributed by atoms with E-state index >= 15 is 0 Å². The summed E-state index contributed by atoms with van der Waals surface area (Å²) in [5.41, 5.74) is -0.148. The van der Waals surface area contributed by atoms with Gasteiger partial charge in [-0.25, -0.2) is 4.39 Å². The molecule has 0 spiro atoms. The highest BCUT2D eigenvalue weighted by Gasteiger charge is 2.46. The zero-order valence-corrected chi connectivity index (χ0v) is 16.0. The van der Waals surface area contributed by atoms with Crippen LogP contribution in [0.5, 0.6) is 5.75 Å². The van der Waals surface area contributed by atoms with Gasteiger partial charge in [0.15, 0.2) is 6.10 Å². The molecule has 1 amide bonds. The molecule has 1 fully saturated rings. The summed E-state index contributed by atoms with van der Waals surface area (Å²) < 4.78 is 25.0. The second-order valence-corrected chi connectivity index (χ2v) is 7.04. The molecule has 2 aromatic rings. The van der Waals surface area contributed by atoms with E-state index < -0.39 is 29.2 Å². The first-order valence-corrected chi connectivity index (χ1v) is 9.37. The van der Waals surface area contributed by atoms with E-state index in [1.165, 1.54) is 20.1 Å². The highest BCUT2D eigenvalue weighted by atomic mass is 19.1. The summed E-state index contributed by atoms with van der Waals surface area (Å²) in [5, 5.41) is 2.71. The highest BCUT2D eigenvalue weighted by molar-refractivity contribution is 5.96. The highest BCUT2D eigenvalue weighted by Crippen LogP contribution is 2.43. The number of hydrogen-bond donors (Lipinski definition) is 1. The monoisotopic (exact) mass is 385 g/mol. The summed E-state index contributed by atoms with van der Waals surface area (Å²) in [6.45, 7) is 1.51. The Balaban J connectivity index is 1.73. The third kappa shape index (κ3) is 4.01. The number of carbonyl (C=O) groups excluding carboxylic acids is 2. The first-order valence-electron chi connectivity index (χ1n) is 9.37. The average molecular weight is 385 g/mol. The maximum atomic E-state index is 14.4. The lowest BCUT2D eigenvalue weighted by molar-refractivity contribution is -0.159. The second-order valence-electron chi connectivity index (χ2n) is 7.04. The first-order chi connectivity index (χ1) is 13.5. The molecular weight excluding hydrogens is 361 g/mol. The normalized spacial score (nSPS) is 16.2. The zero-order valence-electron chi connectivity index (χ0n) is 16.0. The molecule has 28 heavy (non-hydrogen) atoms. The Kier molecular flexibility index (Phi) is 5.97. The van der Waals surface area contributed by atoms with Crippen LogP contribution in [-0.4, -0.2) is 25.1 Å². The smallest absolute Gasteiger partial charge is 0.317 e. The maximum Gasteiger partial charge on any atom is 0.317 e. The van der Waals surface area contributed by atoms with Gasteiger partial charge in [-0.05, 0) is 38.0 Å². The summed E-state index contributed by atoms with van der Waals surface area (Å²) in [6.07, 6.45) is 1.64. The molecule has 0 aliphatic heterocycles. The molecule has 0 bridgehead atoms. The van der Waals surface area contributed by atoms with E-state index in [2.05, 4.69) is 5.32 Å². The molecule has 1 aliphatic carbocycles. The maximum absolute atomic E-state index is 14.4. The Bertz CT molecular complexity index is 861. The van der Waals surface area contributed by atoms with Crippen molar-refractivity contribution >= 4 is 17.6 Å². The molecule has 0 heterocycles. The van der Waals surface area contributed by atoms with Crippen LogP contribution in [0, 0.1) is 5.82 Å². The van der Waals surface area contributed by atoms with E-state index in [1.54, 1.807) is 42.5 Å². The van der Waals surface area contributed by atoms with Gasteiger partial charge in [0, 0.05) is 17.3 Å². The van der Waals surface area contributed by atoms with Gasteiger partial charge in [0.25, 0.3) is 5.91 Å². The number of methoxy groups -OCH3 is 1. The minimum atomic E-state index is -1.03. The molecule has 5 nitrogen and oxygen atoms in total. The number of halogens is 1. The largest absolute Gasteiger partial charge is 0.497 e. The second kappa shape index (κ2) is 8.42. The number of esters is 1. The Labute approximate surface area is 163 Å². The number of hydrogen-bond acceptors (Lipinski definition) is 4. The lowest BCUT2D eigenvalue weighted by atomic mass is 9.78. The lowest BCUT2D eigenvalue weighted by Crippen LogP contribution is -2.40. The molecule has 1 aliphatic rings. The Morgan fingerprint density at radius 2 is 1.82 bits per heavy atom. The van der Waals surface area contributed by atoms with Gasteiger partial charge in [-0.15, -0.1) is 0 Å². The van der Waals surface area contributed by atoms with Gasteiger partial charge in [0.05, 0.1) is 12.5 Å². The summed E-state index contributed by atoms with van der Waals surface area (Å²) in [4.78, 5) is 25.5. The summed E-state index contributed by atoms with van der Waals surface area (Å²) in [5.74, 6) is -0.826. The zero-order chi connectivity index (χ0) is 20.1. The fourth-order valence-electron chi connectivity index (χ4n) is 3.68. The van der Waals surface area contributed by atoms with Crippen molar-refractivity contribution in [3.63, 3.8) is 0 Å². The standard InChI is InChI=1S/C22H24FNO4/c1-15(20(25)24-16-8-7-9-17(14-16)27-2)28-21(26)22(12-5-6-13-22)18-10-3-4-11-19(18)23/h3-4,7-11,14-15H,5-6,12-13H2,1-2H3,(H,24,25)/t15-/m0/s1. The predicted molar refractivity (Wildman–Crippen MR) is 104 cm³/mol. The SMILES string of the molecule is COc1cccc(NC(=O)[C@H](C)OC(=O)C2(c3ccccc3F)CCCC2)c1. The molecule has 0 aromatic heterocycles. The van der Waals surface area contributed by atoms with Crippen molar-refractivity contribution in [1.29, 1.82) is 0 Å². The van der Waals surface area contributed by atoms with Gasteiger partial charge in [-0.3, -0.25) is 9.59 Å². The Morgan fingerprint density at radius 1 is 1.11 bits per heavy atom. The molecule has 6 heteroatoms. The van der Waals surface area contributed by atoms with Crippen molar-refractivity contribution in [1.82, 2.24) is 0 Å². The van der Waals surface area contributed by atoms with Crippen LogP contribution in [0.15, 0.2) is 48.5 Å². The van der Waals surface area contributed by atoms with Gasteiger partial charge in [-0.1, -0.05) is 37.1 Å². The number of nitrogens with one attached hydrogen (secondary N) is 1. The molecule has 2 aromatic carbocycles. The first kappa shape index (κ1) is 19.9. The number of carbonyl (C=O) groups is 2. The molecule has 0 unspecified atom stereocenters. The Morgan fingerprint density at radius 3 is 2.50 bits per heavy atom. The van der Waals surface area contributed by atoms with E-state index in [-0.39, 0.29) is 0 Å². The van der Waals surface area contributed by atoms with E-state index in [0.717, 1.165) is 12.8 Å². The third-order valence-electron chi connectivity index (χ3n) is 5.23. The van der Waals surface area contributed by atoms with E-state index in [0.29, 0.717) is 29.8 Å². The van der Waals surface area contributed by atoms with Gasteiger partial charge in [-0.2, -0.15) is 0 Å². The van der Waals surface area contributed by atoms with Crippen LogP contribution in [0.1, 0.15) is 38.2 Å². The number of rotatable bonds is 6. The van der Waals surface area contributed by atoms with E-state index in [9.17, 15) is 14.0 Å². The van der Waals surface area contributed by atoms with Crippen LogP contribution in [0.2, 0.25) is 0 Å². The number of anilines is 1. The topological polar surface area (TPSA) is 64.6 Å². The van der Waals surface area contributed by atoms with E-state index in [1.807, 2.05) is 0 Å². The quantitative estimate of drug-likeness (QED) is 0.757. The van der Waals surface area contributed by atoms with Crippen molar-refractivity contribution in [2.24, 2.45) is 0 Å². The van der Waals surface area contributed by atoms with Crippen LogP contribution in [0.4, 0.5) is 10.1 Å². The number of amides is 1. The van der Waals surface area contributed by atoms with Gasteiger partial charge < -0.3 is 14.8 Å². The van der Waals surface area contributed by atoms with Gasteiger partial charge in [0.2, 0.25) is 0 Å². The van der Waals surface area contributed by atoms with Gasteiger partial charge in [0.1, 0.15) is 11.6 Å². The Hall–Kier alpha value is -2.89. The molecule has 148 valence electrons. The van der Waals surface area contributed by atoms with Crippen molar-refractivity contribution in [2.45, 2.75) is 44.1 Å². The van der Waals surface area contributed by atoms with Gasteiger partial charge >= 0.3 is 5.97 Å². The van der Waals surface area contributed by atoms with Crippen LogP contribution >= 0.6 is 0 Å². The molecule has 0 radical (unpaired) electrons. The minimum Gasteiger partial charge on any atom is -0.497 e. The average Bonchev–Trinajstić information content (AvgIpc) is 3.19. The van der Waals surface area contributed by atoms with E-state index in [4.69, 9.17) is 9.47 Å². The molecule has 3 rings (SSSR count). The lowest BCUT2D eigenvalue weighted by Gasteiger charge is -2.29. The molecular formula is C22H24FNO4. The van der Waals surface area contributed by atoms with Crippen LogP contribution in [-0.2, 0) is 19.7 Å². The van der Waals surface area contributed by atoms with Crippen LogP contribution in [0.25, 0.3) is 0 Å². The fourth-order valence-corrected chi connectivity index (χ4v) is 3.68. The summed E-state index contributed by atoms with van der Waals surface area (Å²) in [6, 6.07) is 13.2. The van der Waals surface area contributed by atoms with Crippen molar-refractivity contribution < 1.29 is 23.5 Å². The fraction of sp³-hybridized carbons (Fsp3) is 0.364.